The van der Waals surface area contributed by atoms with E-state index in [1.54, 1.807) is 10.9 Å². The SMILES string of the molecule is C1=C(n2cccn2)NO[C@H]1c1ccc(Oc2ccccc2)cc1. The van der Waals surface area contributed by atoms with E-state index in [4.69, 9.17) is 9.57 Å². The Hall–Kier alpha value is -3.05. The number of benzene rings is 2. The van der Waals surface area contributed by atoms with E-state index in [1.165, 1.54) is 0 Å². The molecule has 3 aromatic rings. The highest BCUT2D eigenvalue weighted by Gasteiger charge is 2.19. The summed E-state index contributed by atoms with van der Waals surface area (Å²) in [6.45, 7) is 0. The van der Waals surface area contributed by atoms with Crippen LogP contribution in [0.15, 0.2) is 79.1 Å². The van der Waals surface area contributed by atoms with Crippen molar-refractivity contribution in [3.63, 3.8) is 0 Å². The smallest absolute Gasteiger partial charge is 0.150 e. The van der Waals surface area contributed by atoms with Crippen LogP contribution in [-0.2, 0) is 4.84 Å². The van der Waals surface area contributed by atoms with Crippen molar-refractivity contribution in [1.29, 1.82) is 0 Å². The summed E-state index contributed by atoms with van der Waals surface area (Å²) in [5.74, 6) is 2.42. The lowest BCUT2D eigenvalue weighted by molar-refractivity contribution is 0.0486. The highest BCUT2D eigenvalue weighted by Crippen LogP contribution is 2.28. The van der Waals surface area contributed by atoms with Gasteiger partial charge in [-0.25, -0.2) is 10.2 Å². The van der Waals surface area contributed by atoms with Crippen LogP contribution in [0.1, 0.15) is 11.7 Å². The second kappa shape index (κ2) is 5.98. The zero-order valence-corrected chi connectivity index (χ0v) is 12.3. The Morgan fingerprint density at radius 1 is 0.957 bits per heavy atom. The third-order valence-corrected chi connectivity index (χ3v) is 3.54. The highest BCUT2D eigenvalue weighted by atomic mass is 16.7. The van der Waals surface area contributed by atoms with E-state index >= 15 is 0 Å². The van der Waals surface area contributed by atoms with Gasteiger partial charge < -0.3 is 4.74 Å². The van der Waals surface area contributed by atoms with Gasteiger partial charge in [0.2, 0.25) is 0 Å². The second-order valence-electron chi connectivity index (χ2n) is 5.13. The van der Waals surface area contributed by atoms with Gasteiger partial charge in [0.25, 0.3) is 0 Å². The molecule has 23 heavy (non-hydrogen) atoms. The number of rotatable bonds is 4. The maximum Gasteiger partial charge on any atom is 0.150 e. The molecular formula is C18H15N3O2. The maximum absolute atomic E-state index is 5.79. The summed E-state index contributed by atoms with van der Waals surface area (Å²) in [7, 11) is 0. The zero-order valence-electron chi connectivity index (χ0n) is 12.3. The molecule has 0 radical (unpaired) electrons. The van der Waals surface area contributed by atoms with Crippen LogP contribution in [0.5, 0.6) is 11.5 Å². The molecule has 5 nitrogen and oxygen atoms in total. The lowest BCUT2D eigenvalue weighted by Crippen LogP contribution is -2.12. The van der Waals surface area contributed by atoms with E-state index in [1.807, 2.05) is 72.9 Å². The Morgan fingerprint density at radius 3 is 2.48 bits per heavy atom. The van der Waals surface area contributed by atoms with E-state index in [0.29, 0.717) is 0 Å². The third kappa shape index (κ3) is 2.95. The molecule has 0 saturated heterocycles. The molecule has 1 aliphatic heterocycles. The Balaban J connectivity index is 1.48. The van der Waals surface area contributed by atoms with E-state index in [0.717, 1.165) is 22.9 Å². The van der Waals surface area contributed by atoms with Crippen LogP contribution in [0.2, 0.25) is 0 Å². The minimum atomic E-state index is -0.153. The van der Waals surface area contributed by atoms with Crippen molar-refractivity contribution in [2.75, 3.05) is 0 Å². The van der Waals surface area contributed by atoms with Crippen LogP contribution in [0.3, 0.4) is 0 Å². The molecule has 0 unspecified atom stereocenters. The quantitative estimate of drug-likeness (QED) is 0.797. The summed E-state index contributed by atoms with van der Waals surface area (Å²) in [6, 6.07) is 19.4. The fourth-order valence-corrected chi connectivity index (χ4v) is 2.38. The molecule has 1 aliphatic rings. The number of hydrogen-bond donors (Lipinski definition) is 1. The Labute approximate surface area is 133 Å². The van der Waals surface area contributed by atoms with Crippen LogP contribution in [0.4, 0.5) is 0 Å². The summed E-state index contributed by atoms with van der Waals surface area (Å²) in [5.41, 5.74) is 3.93. The summed E-state index contributed by atoms with van der Waals surface area (Å²) in [4.78, 5) is 5.59. The molecule has 0 aliphatic carbocycles. The lowest BCUT2D eigenvalue weighted by atomic mass is 10.1. The van der Waals surface area contributed by atoms with Gasteiger partial charge in [-0.1, -0.05) is 30.3 Å². The van der Waals surface area contributed by atoms with Gasteiger partial charge in [-0.2, -0.15) is 5.10 Å². The molecule has 2 aromatic carbocycles. The first-order valence-corrected chi connectivity index (χ1v) is 7.35. The van der Waals surface area contributed by atoms with Gasteiger partial charge in [0, 0.05) is 12.4 Å². The van der Waals surface area contributed by atoms with Crippen molar-refractivity contribution in [2.24, 2.45) is 0 Å². The van der Waals surface area contributed by atoms with Gasteiger partial charge >= 0.3 is 0 Å². The van der Waals surface area contributed by atoms with Gasteiger partial charge in [-0.15, -0.1) is 0 Å². The van der Waals surface area contributed by atoms with Crippen molar-refractivity contribution in [1.82, 2.24) is 15.3 Å². The minimum absolute atomic E-state index is 0.153. The predicted octanol–water partition coefficient (Wildman–Crippen LogP) is 3.75. The number of nitrogens with one attached hydrogen (secondary N) is 1. The van der Waals surface area contributed by atoms with Gasteiger partial charge in [0.1, 0.15) is 23.4 Å². The molecule has 114 valence electrons. The van der Waals surface area contributed by atoms with E-state index in [-0.39, 0.29) is 6.10 Å². The van der Waals surface area contributed by atoms with Crippen molar-refractivity contribution >= 4 is 5.82 Å². The number of hydroxylamine groups is 1. The molecule has 1 aromatic heterocycles. The molecule has 0 amide bonds. The first-order valence-electron chi connectivity index (χ1n) is 7.35. The Morgan fingerprint density at radius 2 is 1.74 bits per heavy atom. The zero-order chi connectivity index (χ0) is 15.5. The molecule has 5 heteroatoms. The largest absolute Gasteiger partial charge is 0.457 e. The van der Waals surface area contributed by atoms with Crippen LogP contribution in [0, 0.1) is 0 Å². The topological polar surface area (TPSA) is 48.3 Å². The molecule has 1 N–H and O–H groups in total. The average Bonchev–Trinajstić information content (AvgIpc) is 3.28. The standard InChI is InChI=1S/C18H15N3O2/c1-2-5-15(6-3-1)22-16-9-7-14(8-10-16)17-13-18(20-23-17)21-12-4-11-19-21/h1-13,17,20H/t17-/m1/s1. The number of para-hydroxylation sites is 1. The first-order chi connectivity index (χ1) is 11.4. The average molecular weight is 305 g/mol. The van der Waals surface area contributed by atoms with Crippen LogP contribution >= 0.6 is 0 Å². The van der Waals surface area contributed by atoms with Crippen molar-refractivity contribution in [3.05, 3.63) is 84.7 Å². The Kier molecular flexibility index (Phi) is 3.54. The molecule has 0 fully saturated rings. The van der Waals surface area contributed by atoms with E-state index in [2.05, 4.69) is 10.6 Å². The predicted molar refractivity (Wildman–Crippen MR) is 86.4 cm³/mol. The van der Waals surface area contributed by atoms with Gasteiger partial charge in [-0.3, -0.25) is 4.84 Å². The van der Waals surface area contributed by atoms with Gasteiger partial charge in [0.15, 0.2) is 0 Å². The first kappa shape index (κ1) is 13.6. The molecule has 4 rings (SSSR count). The molecule has 0 bridgehead atoms. The molecule has 1 atom stereocenters. The van der Waals surface area contributed by atoms with Crippen molar-refractivity contribution < 1.29 is 9.57 Å². The van der Waals surface area contributed by atoms with E-state index in [9.17, 15) is 0 Å². The normalized spacial score (nSPS) is 16.7. The molecule has 2 heterocycles. The van der Waals surface area contributed by atoms with Crippen LogP contribution in [0.25, 0.3) is 5.82 Å². The number of ether oxygens (including phenoxy) is 1. The second-order valence-corrected chi connectivity index (χ2v) is 5.13. The third-order valence-electron chi connectivity index (χ3n) is 3.54. The van der Waals surface area contributed by atoms with Crippen LogP contribution < -0.4 is 10.2 Å². The fraction of sp³-hybridized carbons (Fsp3) is 0.0556. The fourth-order valence-electron chi connectivity index (χ4n) is 2.38. The number of aromatic nitrogens is 2. The van der Waals surface area contributed by atoms with Gasteiger partial charge in [-0.05, 0) is 42.0 Å². The maximum atomic E-state index is 5.79. The summed E-state index contributed by atoms with van der Waals surface area (Å²) < 4.78 is 7.52. The minimum Gasteiger partial charge on any atom is -0.457 e. The molecule has 0 saturated carbocycles. The lowest BCUT2D eigenvalue weighted by Gasteiger charge is -2.09. The monoisotopic (exact) mass is 305 g/mol. The number of hydrogen-bond acceptors (Lipinski definition) is 4. The van der Waals surface area contributed by atoms with E-state index < -0.39 is 0 Å². The summed E-state index contributed by atoms with van der Waals surface area (Å²) >= 11 is 0. The van der Waals surface area contributed by atoms with Crippen LogP contribution in [-0.4, -0.2) is 9.78 Å². The summed E-state index contributed by atoms with van der Waals surface area (Å²) in [6.07, 6.45) is 5.42. The Bertz CT molecular complexity index is 796. The van der Waals surface area contributed by atoms with Crippen molar-refractivity contribution in [2.45, 2.75) is 6.10 Å². The molecule has 0 spiro atoms. The van der Waals surface area contributed by atoms with Crippen molar-refractivity contribution in [3.8, 4) is 11.5 Å². The highest BCUT2D eigenvalue weighted by molar-refractivity contribution is 5.46. The number of nitrogens with zero attached hydrogens (tertiary/aromatic N) is 2. The van der Waals surface area contributed by atoms with Gasteiger partial charge in [0.05, 0.1) is 0 Å². The summed E-state index contributed by atoms with van der Waals surface area (Å²) in [5, 5.41) is 4.17. The molecular weight excluding hydrogens is 290 g/mol.